The molecule has 0 aliphatic rings. The minimum absolute atomic E-state index is 0.313. The zero-order valence-corrected chi connectivity index (χ0v) is 22.9. The molecule has 0 aliphatic heterocycles. The second-order valence-electron chi connectivity index (χ2n) is 8.92. The zero-order valence-electron chi connectivity index (χ0n) is 22.9. The molecular weight excluding hydrogens is 480 g/mol. The van der Waals surface area contributed by atoms with Gasteiger partial charge in [0.1, 0.15) is 5.75 Å². The molecule has 10 nitrogen and oxygen atoms in total. The Labute approximate surface area is 224 Å². The van der Waals surface area contributed by atoms with Crippen LogP contribution in [-0.4, -0.2) is 73.4 Å². The van der Waals surface area contributed by atoms with Crippen molar-refractivity contribution in [2.24, 2.45) is 12.0 Å². The van der Waals surface area contributed by atoms with Crippen LogP contribution in [0, 0.1) is 0 Å². The average molecular weight is 517 g/mol. The summed E-state index contributed by atoms with van der Waals surface area (Å²) in [6, 6.07) is 5.51. The first-order chi connectivity index (χ1) is 18.2. The fourth-order valence-corrected chi connectivity index (χ4v) is 3.93. The number of aliphatic imine (C=N–C) groups is 1. The van der Waals surface area contributed by atoms with E-state index in [-0.39, 0.29) is 5.91 Å². The van der Waals surface area contributed by atoms with Crippen molar-refractivity contribution in [2.75, 3.05) is 56.9 Å². The van der Waals surface area contributed by atoms with Crippen molar-refractivity contribution in [3.8, 4) is 17.0 Å². The molecule has 0 spiro atoms. The van der Waals surface area contributed by atoms with E-state index in [0.717, 1.165) is 35.7 Å². The molecule has 0 bridgehead atoms. The predicted octanol–water partition coefficient (Wildman–Crippen LogP) is 4.72. The zero-order chi connectivity index (χ0) is 27.8. The summed E-state index contributed by atoms with van der Waals surface area (Å²) >= 11 is 0. The van der Waals surface area contributed by atoms with Gasteiger partial charge in [0.2, 0.25) is 11.9 Å². The minimum atomic E-state index is -0.313. The molecule has 0 unspecified atom stereocenters. The number of ether oxygens (including phenoxy) is 1. The van der Waals surface area contributed by atoms with E-state index in [1.165, 1.54) is 6.08 Å². The van der Waals surface area contributed by atoms with Crippen molar-refractivity contribution in [1.29, 1.82) is 0 Å². The van der Waals surface area contributed by atoms with Crippen molar-refractivity contribution in [1.82, 2.24) is 19.4 Å². The monoisotopic (exact) mass is 516 g/mol. The number of amides is 1. The fourth-order valence-electron chi connectivity index (χ4n) is 3.93. The van der Waals surface area contributed by atoms with Crippen molar-refractivity contribution >= 4 is 47.4 Å². The average Bonchev–Trinajstić information content (AvgIpc) is 3.22. The van der Waals surface area contributed by atoms with E-state index in [9.17, 15) is 4.79 Å². The maximum absolute atomic E-state index is 12.2. The number of nitrogens with one attached hydrogen (secondary N) is 2. The lowest BCUT2D eigenvalue weighted by Gasteiger charge is -2.26. The Balaban J connectivity index is 2.03. The number of carbonyl (C=O) groups excluding carboxylic acids is 1. The molecule has 1 aromatic carbocycles. The third-order valence-electron chi connectivity index (χ3n) is 5.92. The van der Waals surface area contributed by atoms with Crippen LogP contribution in [0.3, 0.4) is 0 Å². The number of aryl methyl sites for hydroxylation is 1. The molecule has 0 fully saturated rings. The van der Waals surface area contributed by atoms with E-state index in [1.807, 2.05) is 70.2 Å². The Bertz CT molecular complexity index is 1340. The number of aromatic nitrogens is 3. The summed E-state index contributed by atoms with van der Waals surface area (Å²) in [7, 11) is 9.54. The van der Waals surface area contributed by atoms with Crippen LogP contribution in [0.5, 0.6) is 5.75 Å². The van der Waals surface area contributed by atoms with Gasteiger partial charge in [0, 0.05) is 51.2 Å². The van der Waals surface area contributed by atoms with Gasteiger partial charge in [-0.3, -0.25) is 9.79 Å². The fraction of sp³-hybridized carbons (Fsp3) is 0.286. The summed E-state index contributed by atoms with van der Waals surface area (Å²) in [5.74, 6) is 0.625. The summed E-state index contributed by atoms with van der Waals surface area (Å²) in [4.78, 5) is 29.8. The molecule has 0 radical (unpaired) electrons. The number of methoxy groups -OCH3 is 1. The number of benzene rings is 1. The Morgan fingerprint density at radius 1 is 1.24 bits per heavy atom. The number of nitrogens with zero attached hydrogens (tertiary/aromatic N) is 6. The molecule has 0 atom stereocenters. The summed E-state index contributed by atoms with van der Waals surface area (Å²) in [5.41, 5.74) is 5.21. The number of likely N-dealkylation sites (N-methyl/N-ethyl adjacent to an activating group) is 2. The number of anilines is 4. The largest absolute Gasteiger partial charge is 0.494 e. The topological polar surface area (TPSA) is 99.9 Å². The molecule has 200 valence electrons. The molecule has 0 saturated heterocycles. The first-order valence-electron chi connectivity index (χ1n) is 12.1. The van der Waals surface area contributed by atoms with Crippen LogP contribution >= 0.6 is 0 Å². The van der Waals surface area contributed by atoms with Crippen LogP contribution in [0.4, 0.5) is 28.7 Å². The molecule has 2 heterocycles. The molecule has 0 saturated carbocycles. The van der Waals surface area contributed by atoms with Gasteiger partial charge in [-0.25, -0.2) is 9.97 Å². The van der Waals surface area contributed by atoms with E-state index in [0.29, 0.717) is 28.8 Å². The summed E-state index contributed by atoms with van der Waals surface area (Å²) in [6.45, 7) is 10.9. The van der Waals surface area contributed by atoms with Gasteiger partial charge in [-0.05, 0) is 52.0 Å². The Morgan fingerprint density at radius 3 is 2.63 bits per heavy atom. The smallest absolute Gasteiger partial charge is 0.247 e. The molecule has 3 aromatic rings. The van der Waals surface area contributed by atoms with E-state index in [2.05, 4.69) is 43.7 Å². The Kier molecular flexibility index (Phi) is 9.39. The molecule has 3 rings (SSSR count). The maximum Gasteiger partial charge on any atom is 0.247 e. The number of hydrogen-bond acceptors (Lipinski definition) is 8. The lowest BCUT2D eigenvalue weighted by Crippen LogP contribution is -2.29. The number of carbonyl (C=O) groups is 1. The van der Waals surface area contributed by atoms with Gasteiger partial charge in [0.15, 0.2) is 0 Å². The number of allylic oxidation sites excluding steroid dienone is 1. The van der Waals surface area contributed by atoms with Gasteiger partial charge in [-0.15, -0.1) is 0 Å². The van der Waals surface area contributed by atoms with Crippen LogP contribution in [-0.2, 0) is 11.8 Å². The second-order valence-corrected chi connectivity index (χ2v) is 8.92. The maximum atomic E-state index is 12.2. The molecular formula is C28H36N8O2. The SMILES string of the molecule is C=CC(=O)Nc1cc(Nc2nccc(-c3cn(C)c(/C=C\C)c3N=C)n2)c(OC)cc1N(C)CCN(C)C. The third kappa shape index (κ3) is 6.46. The lowest BCUT2D eigenvalue weighted by molar-refractivity contribution is -0.111. The highest BCUT2D eigenvalue weighted by Crippen LogP contribution is 2.39. The summed E-state index contributed by atoms with van der Waals surface area (Å²) in [5, 5.41) is 6.15. The Hall–Kier alpha value is -4.44. The minimum Gasteiger partial charge on any atom is -0.494 e. The predicted molar refractivity (Wildman–Crippen MR) is 157 cm³/mol. The molecule has 2 N–H and O–H groups in total. The van der Waals surface area contributed by atoms with Gasteiger partial charge >= 0.3 is 0 Å². The van der Waals surface area contributed by atoms with Crippen LogP contribution < -0.4 is 20.3 Å². The first-order valence-corrected chi connectivity index (χ1v) is 12.1. The van der Waals surface area contributed by atoms with Crippen molar-refractivity contribution in [3.05, 3.63) is 55.0 Å². The van der Waals surface area contributed by atoms with Crippen LogP contribution in [0.25, 0.3) is 17.3 Å². The van der Waals surface area contributed by atoms with E-state index in [4.69, 9.17) is 9.72 Å². The van der Waals surface area contributed by atoms with E-state index in [1.54, 1.807) is 19.4 Å². The molecule has 38 heavy (non-hydrogen) atoms. The Morgan fingerprint density at radius 2 is 2.00 bits per heavy atom. The molecule has 2 aromatic heterocycles. The number of hydrogen-bond donors (Lipinski definition) is 2. The molecule has 10 heteroatoms. The van der Waals surface area contributed by atoms with Gasteiger partial charge in [0.25, 0.3) is 0 Å². The summed E-state index contributed by atoms with van der Waals surface area (Å²) < 4.78 is 7.68. The standard InChI is InChI=1S/C28H36N8O2/c1-9-11-23-27(29-3)19(18-36(23)7)20-12-13-30-28(32-20)33-22-16-21(31-26(37)10-2)24(17-25(22)38-8)35(6)15-14-34(4)5/h9-13,16-18H,2-3,14-15H2,1,4-8H3,(H,31,37)(H,30,32,33)/b11-9-. The first kappa shape index (κ1) is 28.1. The highest BCUT2D eigenvalue weighted by molar-refractivity contribution is 6.02. The van der Waals surface area contributed by atoms with Crippen molar-refractivity contribution < 1.29 is 9.53 Å². The molecule has 0 aliphatic carbocycles. The van der Waals surface area contributed by atoms with Crippen molar-refractivity contribution in [3.63, 3.8) is 0 Å². The highest BCUT2D eigenvalue weighted by Gasteiger charge is 2.18. The molecule has 1 amide bonds. The van der Waals surface area contributed by atoms with Crippen LogP contribution in [0.15, 0.2) is 54.3 Å². The van der Waals surface area contributed by atoms with Gasteiger partial charge in [0.05, 0.1) is 41.2 Å². The third-order valence-corrected chi connectivity index (χ3v) is 5.92. The normalized spacial score (nSPS) is 11.0. The van der Waals surface area contributed by atoms with Crippen LogP contribution in [0.2, 0.25) is 0 Å². The van der Waals surface area contributed by atoms with Crippen molar-refractivity contribution in [2.45, 2.75) is 6.92 Å². The quantitative estimate of drug-likeness (QED) is 0.265. The van der Waals surface area contributed by atoms with E-state index < -0.39 is 0 Å². The van der Waals surface area contributed by atoms with Gasteiger partial charge in [-0.2, -0.15) is 0 Å². The highest BCUT2D eigenvalue weighted by atomic mass is 16.5. The van der Waals surface area contributed by atoms with E-state index >= 15 is 0 Å². The second kappa shape index (κ2) is 12.7. The van der Waals surface area contributed by atoms with Gasteiger partial charge < -0.3 is 29.7 Å². The van der Waals surface area contributed by atoms with Gasteiger partial charge in [-0.1, -0.05) is 12.7 Å². The summed E-state index contributed by atoms with van der Waals surface area (Å²) in [6.07, 6.45) is 8.82. The lowest BCUT2D eigenvalue weighted by atomic mass is 10.1. The number of rotatable bonds is 12. The van der Waals surface area contributed by atoms with Crippen LogP contribution in [0.1, 0.15) is 12.6 Å².